The van der Waals surface area contributed by atoms with Crippen molar-refractivity contribution in [3.8, 4) is 0 Å². The second kappa shape index (κ2) is 3.08. The standard InChI is InChI=1S/C10H13NOS/c1-3-8-7-9(11(5-1)12-8)10-4-2-6-13-10/h2,4,6,8-9H,1,3,5,7H2. The van der Waals surface area contributed by atoms with E-state index >= 15 is 0 Å². The number of fused-ring (bicyclic) bond motifs is 2. The highest BCUT2D eigenvalue weighted by atomic mass is 32.1. The van der Waals surface area contributed by atoms with Gasteiger partial charge in [-0.1, -0.05) is 6.07 Å². The van der Waals surface area contributed by atoms with Crippen molar-refractivity contribution in [2.45, 2.75) is 31.4 Å². The van der Waals surface area contributed by atoms with Gasteiger partial charge < -0.3 is 0 Å². The maximum absolute atomic E-state index is 5.77. The molecule has 3 heterocycles. The van der Waals surface area contributed by atoms with Crippen molar-refractivity contribution >= 4 is 11.3 Å². The van der Waals surface area contributed by atoms with Crippen molar-refractivity contribution in [2.24, 2.45) is 0 Å². The van der Waals surface area contributed by atoms with Gasteiger partial charge in [-0.25, -0.2) is 0 Å². The summed E-state index contributed by atoms with van der Waals surface area (Å²) in [5, 5.41) is 4.33. The van der Waals surface area contributed by atoms with Crippen LogP contribution in [0.4, 0.5) is 0 Å². The fourth-order valence-corrected chi connectivity index (χ4v) is 3.11. The Morgan fingerprint density at radius 2 is 2.54 bits per heavy atom. The third-order valence-electron chi connectivity index (χ3n) is 2.89. The summed E-state index contributed by atoms with van der Waals surface area (Å²) in [7, 11) is 0. The second-order valence-corrected chi connectivity index (χ2v) is 4.76. The third kappa shape index (κ3) is 1.31. The minimum atomic E-state index is 0.501. The van der Waals surface area contributed by atoms with Crippen LogP contribution in [0.5, 0.6) is 0 Å². The average Bonchev–Trinajstić information content (AvgIpc) is 2.74. The van der Waals surface area contributed by atoms with Crippen molar-refractivity contribution in [3.63, 3.8) is 0 Å². The average molecular weight is 195 g/mol. The molecule has 0 N–H and O–H groups in total. The summed E-state index contributed by atoms with van der Waals surface area (Å²) in [6.07, 6.45) is 4.24. The summed E-state index contributed by atoms with van der Waals surface area (Å²) in [5.74, 6) is 0. The summed E-state index contributed by atoms with van der Waals surface area (Å²) in [6.45, 7) is 1.11. The summed E-state index contributed by atoms with van der Waals surface area (Å²) >= 11 is 1.85. The van der Waals surface area contributed by atoms with Crippen molar-refractivity contribution in [1.29, 1.82) is 0 Å². The number of rotatable bonds is 1. The van der Waals surface area contributed by atoms with Crippen molar-refractivity contribution in [3.05, 3.63) is 22.4 Å². The maximum Gasteiger partial charge on any atom is 0.0813 e. The van der Waals surface area contributed by atoms with Crippen molar-refractivity contribution in [1.82, 2.24) is 5.06 Å². The van der Waals surface area contributed by atoms with Gasteiger partial charge in [-0.15, -0.1) is 11.3 Å². The molecule has 2 nitrogen and oxygen atoms in total. The molecule has 0 saturated carbocycles. The first-order valence-electron chi connectivity index (χ1n) is 4.90. The molecule has 0 radical (unpaired) electrons. The van der Waals surface area contributed by atoms with Crippen molar-refractivity contribution < 1.29 is 4.84 Å². The van der Waals surface area contributed by atoms with Crippen molar-refractivity contribution in [2.75, 3.05) is 6.54 Å². The molecule has 13 heavy (non-hydrogen) atoms. The van der Waals surface area contributed by atoms with Gasteiger partial charge >= 0.3 is 0 Å². The lowest BCUT2D eigenvalue weighted by Gasteiger charge is -2.24. The Labute approximate surface area is 82.1 Å². The highest BCUT2D eigenvalue weighted by molar-refractivity contribution is 7.10. The molecule has 0 spiro atoms. The molecular formula is C10H13NOS. The molecule has 3 heteroatoms. The first kappa shape index (κ1) is 7.97. The Kier molecular flexibility index (Phi) is 1.89. The van der Waals surface area contributed by atoms with Gasteiger partial charge in [-0.3, -0.25) is 4.84 Å². The predicted octanol–water partition coefficient (Wildman–Crippen LogP) is 2.59. The van der Waals surface area contributed by atoms with Crippen LogP contribution in [0.3, 0.4) is 0 Å². The lowest BCUT2D eigenvalue weighted by Crippen LogP contribution is -2.27. The monoisotopic (exact) mass is 195 g/mol. The highest BCUT2D eigenvalue weighted by Gasteiger charge is 2.37. The number of hydrogen-bond acceptors (Lipinski definition) is 3. The third-order valence-corrected chi connectivity index (χ3v) is 3.87. The van der Waals surface area contributed by atoms with Crippen LogP contribution in [0.25, 0.3) is 0 Å². The molecule has 2 aliphatic heterocycles. The molecule has 3 unspecified atom stereocenters. The minimum absolute atomic E-state index is 0.501. The van der Waals surface area contributed by atoms with Gasteiger partial charge in [0.05, 0.1) is 12.1 Å². The van der Waals surface area contributed by atoms with Crippen LogP contribution < -0.4 is 0 Å². The number of nitrogens with zero attached hydrogens (tertiary/aromatic N) is 1. The minimum Gasteiger partial charge on any atom is -0.295 e. The van der Waals surface area contributed by atoms with E-state index in [1.165, 1.54) is 24.1 Å². The SMILES string of the molecule is c1csc(C2CC3CCCN2O3)c1. The van der Waals surface area contributed by atoms with E-state index in [1.807, 2.05) is 11.3 Å². The van der Waals surface area contributed by atoms with Gasteiger partial charge in [-0.05, 0) is 30.7 Å². The molecule has 0 aliphatic carbocycles. The van der Waals surface area contributed by atoms with Gasteiger partial charge in [0.2, 0.25) is 0 Å². The van der Waals surface area contributed by atoms with E-state index in [-0.39, 0.29) is 0 Å². The predicted molar refractivity (Wildman–Crippen MR) is 52.5 cm³/mol. The van der Waals surface area contributed by atoms with E-state index in [2.05, 4.69) is 22.6 Å². The Bertz CT molecular complexity index is 285. The number of thiophene rings is 1. The van der Waals surface area contributed by atoms with Gasteiger partial charge in [0, 0.05) is 11.4 Å². The van der Waals surface area contributed by atoms with E-state index in [1.54, 1.807) is 0 Å². The number of hydroxylamine groups is 2. The molecule has 1 aromatic rings. The molecule has 2 saturated heterocycles. The zero-order chi connectivity index (χ0) is 8.67. The lowest BCUT2D eigenvalue weighted by atomic mass is 10.1. The quantitative estimate of drug-likeness (QED) is 0.683. The van der Waals surface area contributed by atoms with Gasteiger partial charge in [-0.2, -0.15) is 5.06 Å². The van der Waals surface area contributed by atoms with Crippen LogP contribution in [0.2, 0.25) is 0 Å². The fourth-order valence-electron chi connectivity index (χ4n) is 2.27. The second-order valence-electron chi connectivity index (χ2n) is 3.78. The molecule has 3 atom stereocenters. The van der Waals surface area contributed by atoms with Crippen LogP contribution >= 0.6 is 11.3 Å². The molecule has 3 rings (SSSR count). The van der Waals surface area contributed by atoms with E-state index in [4.69, 9.17) is 4.84 Å². The molecule has 2 aliphatic rings. The molecule has 0 amide bonds. The van der Waals surface area contributed by atoms with Crippen LogP contribution in [-0.2, 0) is 4.84 Å². The highest BCUT2D eigenvalue weighted by Crippen LogP contribution is 2.40. The molecule has 2 bridgehead atoms. The maximum atomic E-state index is 5.77. The molecule has 0 aromatic carbocycles. The Balaban J connectivity index is 1.86. The van der Waals surface area contributed by atoms with E-state index in [9.17, 15) is 0 Å². The fraction of sp³-hybridized carbons (Fsp3) is 0.600. The smallest absolute Gasteiger partial charge is 0.0813 e. The largest absolute Gasteiger partial charge is 0.295 e. The van der Waals surface area contributed by atoms with E-state index in [0.29, 0.717) is 12.1 Å². The topological polar surface area (TPSA) is 12.5 Å². The molecule has 70 valence electrons. The Morgan fingerprint density at radius 3 is 3.31 bits per heavy atom. The van der Waals surface area contributed by atoms with E-state index in [0.717, 1.165) is 6.54 Å². The summed E-state index contributed by atoms with van der Waals surface area (Å²) in [4.78, 5) is 7.24. The Morgan fingerprint density at radius 1 is 1.54 bits per heavy atom. The molecule has 2 fully saturated rings. The van der Waals surface area contributed by atoms with Crippen LogP contribution in [0.1, 0.15) is 30.2 Å². The zero-order valence-electron chi connectivity index (χ0n) is 7.48. The van der Waals surface area contributed by atoms with Gasteiger partial charge in [0.15, 0.2) is 0 Å². The number of hydrogen-bond donors (Lipinski definition) is 0. The summed E-state index contributed by atoms with van der Waals surface area (Å²) < 4.78 is 0. The first-order chi connectivity index (χ1) is 6.43. The van der Waals surface area contributed by atoms with Crippen LogP contribution in [0.15, 0.2) is 17.5 Å². The summed E-state index contributed by atoms with van der Waals surface area (Å²) in [6, 6.07) is 4.90. The first-order valence-corrected chi connectivity index (χ1v) is 5.78. The molecular weight excluding hydrogens is 182 g/mol. The Hall–Kier alpha value is -0.380. The van der Waals surface area contributed by atoms with Gasteiger partial charge in [0.25, 0.3) is 0 Å². The van der Waals surface area contributed by atoms with Crippen LogP contribution in [0, 0.1) is 0 Å². The lowest BCUT2D eigenvalue weighted by molar-refractivity contribution is -0.185. The van der Waals surface area contributed by atoms with E-state index < -0.39 is 0 Å². The zero-order valence-corrected chi connectivity index (χ0v) is 8.30. The molecule has 1 aromatic heterocycles. The summed E-state index contributed by atoms with van der Waals surface area (Å²) in [5.41, 5.74) is 0. The normalized spacial score (nSPS) is 38.0. The van der Waals surface area contributed by atoms with Gasteiger partial charge in [0.1, 0.15) is 0 Å². The van der Waals surface area contributed by atoms with Crippen LogP contribution in [-0.4, -0.2) is 17.7 Å².